The van der Waals surface area contributed by atoms with Gasteiger partial charge in [-0.3, -0.25) is 0 Å². The molecule has 0 unspecified atom stereocenters. The van der Waals surface area contributed by atoms with Crippen molar-refractivity contribution in [3.63, 3.8) is 0 Å². The molecule has 1 aliphatic heterocycles. The van der Waals surface area contributed by atoms with Crippen LogP contribution in [0.25, 0.3) is 6.08 Å². The van der Waals surface area contributed by atoms with Gasteiger partial charge in [-0.15, -0.1) is 0 Å². The van der Waals surface area contributed by atoms with E-state index >= 15 is 0 Å². The van der Waals surface area contributed by atoms with Gasteiger partial charge in [0.1, 0.15) is 5.60 Å². The van der Waals surface area contributed by atoms with Crippen LogP contribution in [0.15, 0.2) is 18.2 Å². The largest absolute Gasteiger partial charge is 0.457 e. The summed E-state index contributed by atoms with van der Waals surface area (Å²) in [4.78, 5) is 11.8. The van der Waals surface area contributed by atoms with Crippen molar-refractivity contribution >= 4 is 12.0 Å². The van der Waals surface area contributed by atoms with Crippen molar-refractivity contribution in [2.75, 3.05) is 6.61 Å². The first-order valence-electron chi connectivity index (χ1n) is 6.97. The Balaban J connectivity index is 2.23. The van der Waals surface area contributed by atoms with Crippen LogP contribution in [-0.2, 0) is 27.3 Å². The third-order valence-corrected chi connectivity index (χ3v) is 3.22. The maximum absolute atomic E-state index is 11.8. The van der Waals surface area contributed by atoms with Crippen molar-refractivity contribution in [3.05, 3.63) is 40.5 Å². The smallest absolute Gasteiger partial charge is 0.331 e. The normalized spacial score (nSPS) is 15.2. The fourth-order valence-corrected chi connectivity index (χ4v) is 2.33. The quantitative estimate of drug-likeness (QED) is 0.612. The van der Waals surface area contributed by atoms with Gasteiger partial charge < -0.3 is 9.47 Å². The number of rotatable bonds is 2. The minimum atomic E-state index is -0.458. The highest BCUT2D eigenvalue weighted by molar-refractivity contribution is 5.88. The van der Waals surface area contributed by atoms with Crippen LogP contribution in [0.2, 0.25) is 0 Å². The molecule has 2 rings (SSSR count). The van der Waals surface area contributed by atoms with Gasteiger partial charge in [-0.1, -0.05) is 12.1 Å². The molecule has 0 N–H and O–H groups in total. The van der Waals surface area contributed by atoms with Crippen molar-refractivity contribution in [2.45, 2.75) is 46.3 Å². The van der Waals surface area contributed by atoms with Gasteiger partial charge in [-0.25, -0.2) is 4.79 Å². The molecule has 1 heterocycles. The summed E-state index contributed by atoms with van der Waals surface area (Å²) in [6, 6.07) is 4.18. The molecule has 1 aromatic carbocycles. The van der Waals surface area contributed by atoms with Crippen molar-refractivity contribution in [1.29, 1.82) is 0 Å². The lowest BCUT2D eigenvalue weighted by atomic mass is 9.93. The Labute approximate surface area is 120 Å². The third kappa shape index (κ3) is 3.70. The average Bonchev–Trinajstić information content (AvgIpc) is 2.35. The molecule has 1 aromatic rings. The second kappa shape index (κ2) is 5.80. The van der Waals surface area contributed by atoms with Crippen molar-refractivity contribution < 1.29 is 14.3 Å². The Morgan fingerprint density at radius 1 is 1.35 bits per heavy atom. The molecule has 0 aliphatic carbocycles. The molecule has 0 fully saturated rings. The number of ether oxygens (including phenoxy) is 2. The first-order chi connectivity index (χ1) is 9.37. The lowest BCUT2D eigenvalue weighted by Crippen LogP contribution is -2.22. The molecule has 1 aliphatic rings. The van der Waals surface area contributed by atoms with E-state index in [4.69, 9.17) is 9.47 Å². The van der Waals surface area contributed by atoms with Crippen LogP contribution in [-0.4, -0.2) is 18.2 Å². The van der Waals surface area contributed by atoms with E-state index in [2.05, 4.69) is 19.1 Å². The van der Waals surface area contributed by atoms with E-state index in [0.29, 0.717) is 6.61 Å². The van der Waals surface area contributed by atoms with E-state index in [1.54, 1.807) is 0 Å². The second-order valence-electron chi connectivity index (χ2n) is 6.10. The standard InChI is InChI=1S/C17H22O3/c1-12-5-6-13-11-19-10-9-15(13)14(12)7-8-16(18)20-17(2,3)4/h5-8H,9-11H2,1-4H3/b8-7+. The van der Waals surface area contributed by atoms with Crippen molar-refractivity contribution in [1.82, 2.24) is 0 Å². The monoisotopic (exact) mass is 274 g/mol. The zero-order valence-electron chi connectivity index (χ0n) is 12.7. The Morgan fingerprint density at radius 3 is 2.80 bits per heavy atom. The number of hydrogen-bond donors (Lipinski definition) is 0. The van der Waals surface area contributed by atoms with Gasteiger partial charge in [0.15, 0.2) is 0 Å². The van der Waals surface area contributed by atoms with E-state index in [-0.39, 0.29) is 5.97 Å². The number of carbonyl (C=O) groups excluding carboxylic acids is 1. The van der Waals surface area contributed by atoms with Gasteiger partial charge in [-0.05, 0) is 62.4 Å². The Bertz CT molecular complexity index is 536. The Hall–Kier alpha value is -1.61. The fourth-order valence-electron chi connectivity index (χ4n) is 2.33. The molecule has 3 nitrogen and oxygen atoms in total. The number of fused-ring (bicyclic) bond motifs is 1. The number of esters is 1. The fraction of sp³-hybridized carbons (Fsp3) is 0.471. The van der Waals surface area contributed by atoms with Crippen LogP contribution < -0.4 is 0 Å². The molecule has 108 valence electrons. The van der Waals surface area contributed by atoms with E-state index < -0.39 is 5.60 Å². The zero-order chi connectivity index (χ0) is 14.8. The summed E-state index contributed by atoms with van der Waals surface area (Å²) in [6.07, 6.45) is 4.28. The number of benzene rings is 1. The highest BCUT2D eigenvalue weighted by Gasteiger charge is 2.16. The summed E-state index contributed by atoms with van der Waals surface area (Å²) in [5.74, 6) is -0.304. The van der Waals surface area contributed by atoms with Crippen LogP contribution in [0.1, 0.15) is 43.0 Å². The molecule has 0 amide bonds. The van der Waals surface area contributed by atoms with Crippen LogP contribution >= 0.6 is 0 Å². The van der Waals surface area contributed by atoms with Gasteiger partial charge in [0, 0.05) is 6.08 Å². The van der Waals surface area contributed by atoms with Crippen LogP contribution in [0.3, 0.4) is 0 Å². The van der Waals surface area contributed by atoms with E-state index in [9.17, 15) is 4.79 Å². The summed E-state index contributed by atoms with van der Waals surface area (Å²) in [6.45, 7) is 9.06. The highest BCUT2D eigenvalue weighted by atomic mass is 16.6. The molecular formula is C17H22O3. The molecule has 0 saturated heterocycles. The van der Waals surface area contributed by atoms with Gasteiger partial charge in [0.25, 0.3) is 0 Å². The molecule has 0 atom stereocenters. The number of hydrogen-bond acceptors (Lipinski definition) is 3. The van der Waals surface area contributed by atoms with Gasteiger partial charge in [0.2, 0.25) is 0 Å². The van der Waals surface area contributed by atoms with E-state index in [1.807, 2.05) is 26.8 Å². The second-order valence-corrected chi connectivity index (χ2v) is 6.10. The Morgan fingerprint density at radius 2 is 2.10 bits per heavy atom. The highest BCUT2D eigenvalue weighted by Crippen LogP contribution is 2.25. The maximum Gasteiger partial charge on any atom is 0.331 e. The molecule has 20 heavy (non-hydrogen) atoms. The van der Waals surface area contributed by atoms with Gasteiger partial charge in [0.05, 0.1) is 13.2 Å². The lowest BCUT2D eigenvalue weighted by molar-refractivity contribution is -0.148. The SMILES string of the molecule is Cc1ccc2c(c1/C=C/C(=O)OC(C)(C)C)CCOC2. The van der Waals surface area contributed by atoms with Crippen molar-refractivity contribution in [2.24, 2.45) is 0 Å². The Kier molecular flexibility index (Phi) is 4.29. The molecule has 0 bridgehead atoms. The number of aryl methyl sites for hydroxylation is 1. The van der Waals surface area contributed by atoms with Crippen LogP contribution in [0, 0.1) is 6.92 Å². The summed E-state index contributed by atoms with van der Waals surface area (Å²) in [5, 5.41) is 0. The lowest BCUT2D eigenvalue weighted by Gasteiger charge is -2.20. The molecule has 3 heteroatoms. The average molecular weight is 274 g/mol. The minimum absolute atomic E-state index is 0.304. The van der Waals surface area contributed by atoms with Gasteiger partial charge >= 0.3 is 5.97 Å². The predicted octanol–water partition coefficient (Wildman–Crippen LogP) is 3.42. The predicted molar refractivity (Wildman–Crippen MR) is 79.4 cm³/mol. The first kappa shape index (κ1) is 14.8. The summed E-state index contributed by atoms with van der Waals surface area (Å²) < 4.78 is 10.8. The zero-order valence-corrected chi connectivity index (χ0v) is 12.7. The number of carbonyl (C=O) groups is 1. The van der Waals surface area contributed by atoms with E-state index in [1.165, 1.54) is 22.8 Å². The molecule has 0 aromatic heterocycles. The van der Waals surface area contributed by atoms with Crippen molar-refractivity contribution in [3.8, 4) is 0 Å². The van der Waals surface area contributed by atoms with Crippen LogP contribution in [0.5, 0.6) is 0 Å². The minimum Gasteiger partial charge on any atom is -0.457 e. The first-order valence-corrected chi connectivity index (χ1v) is 6.97. The van der Waals surface area contributed by atoms with E-state index in [0.717, 1.165) is 18.6 Å². The summed E-state index contributed by atoms with van der Waals surface area (Å²) in [7, 11) is 0. The summed E-state index contributed by atoms with van der Waals surface area (Å²) in [5.41, 5.74) is 4.34. The third-order valence-electron chi connectivity index (χ3n) is 3.22. The molecule has 0 radical (unpaired) electrons. The molecule has 0 saturated carbocycles. The van der Waals surface area contributed by atoms with Gasteiger partial charge in [-0.2, -0.15) is 0 Å². The summed E-state index contributed by atoms with van der Waals surface area (Å²) >= 11 is 0. The topological polar surface area (TPSA) is 35.5 Å². The van der Waals surface area contributed by atoms with Crippen LogP contribution in [0.4, 0.5) is 0 Å². The molecule has 0 spiro atoms. The maximum atomic E-state index is 11.8. The molecular weight excluding hydrogens is 252 g/mol.